The zero-order chi connectivity index (χ0) is 15.2. The molecule has 0 bridgehead atoms. The Morgan fingerprint density at radius 2 is 1.86 bits per heavy atom. The zero-order valence-corrected chi connectivity index (χ0v) is 11.5. The molecule has 0 atom stereocenters. The van der Waals surface area contributed by atoms with E-state index in [0.29, 0.717) is 12.4 Å². The third kappa shape index (κ3) is 4.07. The first-order valence-corrected chi connectivity index (χ1v) is 6.38. The number of carbonyl (C=O) groups is 2. The van der Waals surface area contributed by atoms with E-state index in [1.54, 1.807) is 6.07 Å². The molecule has 0 aliphatic heterocycles. The topological polar surface area (TPSA) is 75.6 Å². The molecule has 0 aromatic heterocycles. The van der Waals surface area contributed by atoms with E-state index in [0.717, 1.165) is 5.56 Å². The van der Waals surface area contributed by atoms with Gasteiger partial charge in [-0.1, -0.05) is 30.3 Å². The largest absolute Gasteiger partial charge is 0.489 e. The number of ether oxygens (including phenoxy) is 1. The highest BCUT2D eigenvalue weighted by atomic mass is 16.5. The van der Waals surface area contributed by atoms with Gasteiger partial charge in [-0.05, 0) is 30.7 Å². The highest BCUT2D eigenvalue weighted by Gasteiger charge is 2.11. The van der Waals surface area contributed by atoms with E-state index in [-0.39, 0.29) is 17.0 Å². The third-order valence-electron chi connectivity index (χ3n) is 2.86. The molecule has 0 spiro atoms. The first-order chi connectivity index (χ1) is 10.1. The van der Waals surface area contributed by atoms with Gasteiger partial charge in [-0.25, -0.2) is 4.79 Å². The second-order valence-electron chi connectivity index (χ2n) is 4.47. The van der Waals surface area contributed by atoms with Crippen LogP contribution in [-0.4, -0.2) is 17.0 Å². The van der Waals surface area contributed by atoms with Crippen LogP contribution in [0.15, 0.2) is 48.5 Å². The quantitative estimate of drug-likeness (QED) is 0.824. The van der Waals surface area contributed by atoms with Gasteiger partial charge in [-0.2, -0.15) is 0 Å². The number of amides is 1. The summed E-state index contributed by atoms with van der Waals surface area (Å²) in [7, 11) is 0. The third-order valence-corrected chi connectivity index (χ3v) is 2.86. The molecule has 1 amide bonds. The number of anilines is 1. The Morgan fingerprint density at radius 3 is 2.48 bits per heavy atom. The van der Waals surface area contributed by atoms with Gasteiger partial charge < -0.3 is 9.84 Å². The molecule has 0 heterocycles. The van der Waals surface area contributed by atoms with Crippen molar-refractivity contribution >= 4 is 17.6 Å². The van der Waals surface area contributed by atoms with Crippen molar-refractivity contribution in [1.29, 1.82) is 0 Å². The molecule has 108 valence electrons. The van der Waals surface area contributed by atoms with Gasteiger partial charge in [0.05, 0.1) is 5.69 Å². The molecule has 0 unspecified atom stereocenters. The normalized spacial score (nSPS) is 9.95. The maximum absolute atomic E-state index is 11.6. The maximum atomic E-state index is 11.6. The minimum atomic E-state index is -1.21. The Kier molecular flexibility index (Phi) is 4.56. The highest BCUT2D eigenvalue weighted by Crippen LogP contribution is 2.23. The second-order valence-corrected chi connectivity index (χ2v) is 4.47. The molecule has 2 aromatic rings. The van der Waals surface area contributed by atoms with Gasteiger partial charge in [0.15, 0.2) is 5.78 Å². The van der Waals surface area contributed by atoms with Crippen LogP contribution in [0.5, 0.6) is 5.75 Å². The number of carboxylic acid groups (broad SMARTS) is 1. The number of carbonyl (C=O) groups excluding carboxylic acids is 1. The number of hydrogen-bond acceptors (Lipinski definition) is 3. The first-order valence-electron chi connectivity index (χ1n) is 6.38. The molecule has 2 aromatic carbocycles. The van der Waals surface area contributed by atoms with E-state index < -0.39 is 6.09 Å². The number of nitrogens with one attached hydrogen (secondary N) is 1. The van der Waals surface area contributed by atoms with Crippen molar-refractivity contribution in [3.8, 4) is 5.75 Å². The number of Topliss-reactive ketones (excluding diaryl/α,β-unsaturated/α-hetero) is 1. The lowest BCUT2D eigenvalue weighted by molar-refractivity contribution is 0.101. The maximum Gasteiger partial charge on any atom is 0.409 e. The van der Waals surface area contributed by atoms with E-state index in [1.165, 1.54) is 19.1 Å². The van der Waals surface area contributed by atoms with Crippen LogP contribution in [0.4, 0.5) is 10.5 Å². The van der Waals surface area contributed by atoms with Gasteiger partial charge in [0.1, 0.15) is 12.4 Å². The monoisotopic (exact) mass is 285 g/mol. The van der Waals surface area contributed by atoms with Crippen molar-refractivity contribution < 1.29 is 19.4 Å². The lowest BCUT2D eigenvalue weighted by Gasteiger charge is -2.11. The second kappa shape index (κ2) is 6.56. The van der Waals surface area contributed by atoms with Gasteiger partial charge in [0, 0.05) is 5.56 Å². The summed E-state index contributed by atoms with van der Waals surface area (Å²) in [5.74, 6) is 0.281. The minimum absolute atomic E-state index is 0.232. The fourth-order valence-corrected chi connectivity index (χ4v) is 1.87. The minimum Gasteiger partial charge on any atom is -0.489 e. The van der Waals surface area contributed by atoms with Crippen molar-refractivity contribution in [3.63, 3.8) is 0 Å². The Labute approximate surface area is 122 Å². The van der Waals surface area contributed by atoms with Crippen LogP contribution in [0.25, 0.3) is 0 Å². The van der Waals surface area contributed by atoms with Crippen LogP contribution >= 0.6 is 0 Å². The molecule has 0 fully saturated rings. The van der Waals surface area contributed by atoms with E-state index in [1.807, 2.05) is 30.3 Å². The SMILES string of the molecule is CC(=O)c1cc(OCc2ccccc2)ccc1NC(=O)O. The molecule has 0 aliphatic rings. The molecule has 2 N–H and O–H groups in total. The number of rotatable bonds is 5. The van der Waals surface area contributed by atoms with E-state index in [4.69, 9.17) is 9.84 Å². The molecule has 2 rings (SSSR count). The van der Waals surface area contributed by atoms with Gasteiger partial charge in [0.2, 0.25) is 0 Å². The fourth-order valence-electron chi connectivity index (χ4n) is 1.87. The van der Waals surface area contributed by atoms with Crippen molar-refractivity contribution in [2.45, 2.75) is 13.5 Å². The zero-order valence-electron chi connectivity index (χ0n) is 11.5. The molecule has 5 nitrogen and oxygen atoms in total. The van der Waals surface area contributed by atoms with Crippen molar-refractivity contribution in [1.82, 2.24) is 0 Å². The first kappa shape index (κ1) is 14.6. The van der Waals surface area contributed by atoms with E-state index in [9.17, 15) is 9.59 Å². The lowest BCUT2D eigenvalue weighted by Crippen LogP contribution is -2.11. The Balaban J connectivity index is 2.16. The van der Waals surface area contributed by atoms with Gasteiger partial charge in [-0.15, -0.1) is 0 Å². The Morgan fingerprint density at radius 1 is 1.14 bits per heavy atom. The number of ketones is 1. The summed E-state index contributed by atoms with van der Waals surface area (Å²) in [5, 5.41) is 10.9. The summed E-state index contributed by atoms with van der Waals surface area (Å²) in [5.41, 5.74) is 1.54. The molecule has 5 heteroatoms. The van der Waals surface area contributed by atoms with Crippen LogP contribution in [0.3, 0.4) is 0 Å². The summed E-state index contributed by atoms with van der Waals surface area (Å²) in [6.07, 6.45) is -1.21. The average molecular weight is 285 g/mol. The smallest absolute Gasteiger partial charge is 0.409 e. The predicted octanol–water partition coefficient (Wildman–Crippen LogP) is 3.56. The average Bonchev–Trinajstić information content (AvgIpc) is 2.46. The molecule has 0 saturated heterocycles. The molecular weight excluding hydrogens is 270 g/mol. The van der Waals surface area contributed by atoms with Crippen molar-refractivity contribution in [2.75, 3.05) is 5.32 Å². The number of benzene rings is 2. The summed E-state index contributed by atoms with van der Waals surface area (Å²) in [4.78, 5) is 22.3. The summed E-state index contributed by atoms with van der Waals surface area (Å²) < 4.78 is 5.62. The molecule has 21 heavy (non-hydrogen) atoms. The molecular formula is C16H15NO4. The summed E-state index contributed by atoms with van der Waals surface area (Å²) in [6, 6.07) is 14.3. The van der Waals surface area contributed by atoms with Crippen LogP contribution in [0.1, 0.15) is 22.8 Å². The van der Waals surface area contributed by atoms with Gasteiger partial charge in [-0.3, -0.25) is 10.1 Å². The van der Waals surface area contributed by atoms with E-state index in [2.05, 4.69) is 5.32 Å². The molecule has 0 aliphatic carbocycles. The summed E-state index contributed by atoms with van der Waals surface area (Å²) >= 11 is 0. The molecule has 0 saturated carbocycles. The number of hydrogen-bond donors (Lipinski definition) is 2. The Hall–Kier alpha value is -2.82. The predicted molar refractivity (Wildman–Crippen MR) is 78.9 cm³/mol. The van der Waals surface area contributed by atoms with E-state index >= 15 is 0 Å². The molecule has 0 radical (unpaired) electrons. The van der Waals surface area contributed by atoms with Crippen molar-refractivity contribution in [3.05, 3.63) is 59.7 Å². The van der Waals surface area contributed by atoms with Crippen LogP contribution < -0.4 is 10.1 Å². The van der Waals surface area contributed by atoms with Crippen LogP contribution in [-0.2, 0) is 6.61 Å². The van der Waals surface area contributed by atoms with Crippen LogP contribution in [0, 0.1) is 0 Å². The van der Waals surface area contributed by atoms with Crippen molar-refractivity contribution in [2.24, 2.45) is 0 Å². The highest BCUT2D eigenvalue weighted by molar-refractivity contribution is 6.02. The Bertz CT molecular complexity index is 653. The fraction of sp³-hybridized carbons (Fsp3) is 0.125. The van der Waals surface area contributed by atoms with Gasteiger partial charge in [0.25, 0.3) is 0 Å². The standard InChI is InChI=1S/C16H15NO4/c1-11(18)14-9-13(7-8-15(14)17-16(19)20)21-10-12-5-3-2-4-6-12/h2-9,17H,10H2,1H3,(H,19,20). The van der Waals surface area contributed by atoms with Gasteiger partial charge >= 0.3 is 6.09 Å². The van der Waals surface area contributed by atoms with Crippen LogP contribution in [0.2, 0.25) is 0 Å². The summed E-state index contributed by atoms with van der Waals surface area (Å²) in [6.45, 7) is 1.76. The lowest BCUT2D eigenvalue weighted by atomic mass is 10.1.